The monoisotopic (exact) mass is 413 g/mol. The minimum atomic E-state index is -3.73. The van der Waals surface area contributed by atoms with E-state index in [-0.39, 0.29) is 17.1 Å². The van der Waals surface area contributed by atoms with E-state index in [0.717, 1.165) is 30.5 Å². The molecule has 0 N–H and O–H groups in total. The zero-order chi connectivity index (χ0) is 20.4. The number of esters is 1. The van der Waals surface area contributed by atoms with Gasteiger partial charge < -0.3 is 9.14 Å². The lowest BCUT2D eigenvalue weighted by atomic mass is 10.2. The molecule has 0 atom stereocenters. The van der Waals surface area contributed by atoms with Gasteiger partial charge in [-0.3, -0.25) is 0 Å². The van der Waals surface area contributed by atoms with Gasteiger partial charge in [0.05, 0.1) is 16.2 Å². The fourth-order valence-electron chi connectivity index (χ4n) is 3.60. The maximum atomic E-state index is 13.0. The number of fused-ring (bicyclic) bond motifs is 1. The number of sulfonamides is 1. The molecule has 3 aromatic rings. The molecule has 0 spiro atoms. The predicted molar refractivity (Wildman–Crippen MR) is 108 cm³/mol. The van der Waals surface area contributed by atoms with E-state index in [1.807, 2.05) is 29.7 Å². The van der Waals surface area contributed by atoms with Gasteiger partial charge in [0.1, 0.15) is 12.3 Å². The Morgan fingerprint density at radius 1 is 1.10 bits per heavy atom. The Bertz CT molecular complexity index is 1150. The number of carbonyl (C=O) groups is 1. The molecule has 1 aliphatic rings. The average molecular weight is 413 g/mol. The maximum absolute atomic E-state index is 13.0. The summed E-state index contributed by atoms with van der Waals surface area (Å²) in [5.74, 6) is -0.671. The van der Waals surface area contributed by atoms with E-state index in [0.29, 0.717) is 18.8 Å². The lowest BCUT2D eigenvalue weighted by molar-refractivity contribution is 0.0463. The third-order valence-corrected chi connectivity index (χ3v) is 7.08. The molecule has 0 saturated carbocycles. The summed E-state index contributed by atoms with van der Waals surface area (Å²) in [5, 5.41) is 0. The van der Waals surface area contributed by atoms with Gasteiger partial charge in [0, 0.05) is 25.5 Å². The normalized spacial score (nSPS) is 15.5. The van der Waals surface area contributed by atoms with Crippen LogP contribution in [0.2, 0.25) is 0 Å². The number of carbonyl (C=O) groups excluding carboxylic acids is 1. The SMILES string of the molecule is Cc1cccn2cc(COC(=O)c3ccccc3S(=O)(=O)N3CCCCC3)nc12. The Morgan fingerprint density at radius 3 is 2.62 bits per heavy atom. The van der Waals surface area contributed by atoms with Crippen molar-refractivity contribution in [3.63, 3.8) is 0 Å². The first-order valence-electron chi connectivity index (χ1n) is 9.66. The number of nitrogens with zero attached hydrogens (tertiary/aromatic N) is 3. The van der Waals surface area contributed by atoms with E-state index >= 15 is 0 Å². The molecule has 1 aliphatic heterocycles. The van der Waals surface area contributed by atoms with Crippen LogP contribution >= 0.6 is 0 Å². The summed E-state index contributed by atoms with van der Waals surface area (Å²) in [4.78, 5) is 17.2. The fraction of sp³-hybridized carbons (Fsp3) is 0.333. The molecule has 1 aromatic carbocycles. The van der Waals surface area contributed by atoms with E-state index in [4.69, 9.17) is 4.74 Å². The molecule has 0 unspecified atom stereocenters. The van der Waals surface area contributed by atoms with Gasteiger partial charge in [-0.15, -0.1) is 0 Å². The number of hydrogen-bond acceptors (Lipinski definition) is 5. The van der Waals surface area contributed by atoms with Gasteiger partial charge in [-0.25, -0.2) is 18.2 Å². The molecule has 0 bridgehead atoms. The van der Waals surface area contributed by atoms with Crippen molar-refractivity contribution in [1.82, 2.24) is 13.7 Å². The molecule has 0 radical (unpaired) electrons. The molecular weight excluding hydrogens is 390 g/mol. The van der Waals surface area contributed by atoms with Crippen molar-refractivity contribution < 1.29 is 17.9 Å². The minimum Gasteiger partial charge on any atom is -0.455 e. The van der Waals surface area contributed by atoms with Crippen LogP contribution in [-0.4, -0.2) is 41.2 Å². The van der Waals surface area contributed by atoms with E-state index < -0.39 is 16.0 Å². The van der Waals surface area contributed by atoms with Crippen LogP contribution in [0.4, 0.5) is 0 Å². The largest absolute Gasteiger partial charge is 0.455 e. The third kappa shape index (κ3) is 3.90. The van der Waals surface area contributed by atoms with Crippen LogP contribution in [0, 0.1) is 6.92 Å². The molecule has 3 heterocycles. The van der Waals surface area contributed by atoms with Crippen molar-refractivity contribution in [2.45, 2.75) is 37.7 Å². The van der Waals surface area contributed by atoms with Crippen molar-refractivity contribution in [3.8, 4) is 0 Å². The van der Waals surface area contributed by atoms with Crippen molar-refractivity contribution in [3.05, 3.63) is 65.6 Å². The second-order valence-corrected chi connectivity index (χ2v) is 9.10. The van der Waals surface area contributed by atoms with Crippen LogP contribution in [0.1, 0.15) is 40.9 Å². The number of aromatic nitrogens is 2. The first kappa shape index (κ1) is 19.6. The van der Waals surface area contributed by atoms with Crippen molar-refractivity contribution in [2.24, 2.45) is 0 Å². The summed E-state index contributed by atoms with van der Waals surface area (Å²) >= 11 is 0. The van der Waals surface area contributed by atoms with Crippen LogP contribution in [0.25, 0.3) is 5.65 Å². The van der Waals surface area contributed by atoms with Gasteiger partial charge in [-0.1, -0.05) is 24.6 Å². The molecular formula is C21H23N3O4S. The molecule has 7 nitrogen and oxygen atoms in total. The Balaban J connectivity index is 1.55. The van der Waals surface area contributed by atoms with Crippen molar-refractivity contribution in [2.75, 3.05) is 13.1 Å². The number of hydrogen-bond donors (Lipinski definition) is 0. The zero-order valence-corrected chi connectivity index (χ0v) is 17.1. The molecule has 29 heavy (non-hydrogen) atoms. The zero-order valence-electron chi connectivity index (χ0n) is 16.2. The maximum Gasteiger partial charge on any atom is 0.339 e. The van der Waals surface area contributed by atoms with Crippen LogP contribution in [0.5, 0.6) is 0 Å². The number of piperidine rings is 1. The Labute approximate surface area is 170 Å². The van der Waals surface area contributed by atoms with E-state index in [2.05, 4.69) is 4.98 Å². The molecule has 8 heteroatoms. The van der Waals surface area contributed by atoms with Gasteiger partial charge >= 0.3 is 5.97 Å². The van der Waals surface area contributed by atoms with Crippen LogP contribution in [-0.2, 0) is 21.4 Å². The van der Waals surface area contributed by atoms with Crippen LogP contribution < -0.4 is 0 Å². The van der Waals surface area contributed by atoms with Crippen molar-refractivity contribution >= 4 is 21.6 Å². The lowest BCUT2D eigenvalue weighted by Crippen LogP contribution is -2.36. The average Bonchev–Trinajstić information content (AvgIpc) is 3.17. The highest BCUT2D eigenvalue weighted by molar-refractivity contribution is 7.89. The van der Waals surface area contributed by atoms with E-state index in [1.165, 1.54) is 16.4 Å². The molecule has 1 fully saturated rings. The second-order valence-electron chi connectivity index (χ2n) is 7.19. The summed E-state index contributed by atoms with van der Waals surface area (Å²) in [5.41, 5.74) is 2.47. The highest BCUT2D eigenvalue weighted by atomic mass is 32.2. The third-order valence-electron chi connectivity index (χ3n) is 5.12. The fourth-order valence-corrected chi connectivity index (χ4v) is 5.29. The van der Waals surface area contributed by atoms with Crippen LogP contribution in [0.15, 0.2) is 53.7 Å². The van der Waals surface area contributed by atoms with Gasteiger partial charge in [0.2, 0.25) is 10.0 Å². The second kappa shape index (κ2) is 7.96. The predicted octanol–water partition coefficient (Wildman–Crippen LogP) is 3.17. The van der Waals surface area contributed by atoms with Gasteiger partial charge in [-0.2, -0.15) is 4.31 Å². The molecule has 4 rings (SSSR count). The van der Waals surface area contributed by atoms with E-state index in [9.17, 15) is 13.2 Å². The Kier molecular flexibility index (Phi) is 5.38. The summed E-state index contributed by atoms with van der Waals surface area (Å²) in [6.07, 6.45) is 6.36. The lowest BCUT2D eigenvalue weighted by Gasteiger charge is -2.26. The molecule has 152 valence electrons. The molecule has 2 aromatic heterocycles. The quantitative estimate of drug-likeness (QED) is 0.600. The first-order valence-corrected chi connectivity index (χ1v) is 11.1. The summed E-state index contributed by atoms with van der Waals surface area (Å²) < 4.78 is 34.8. The highest BCUT2D eigenvalue weighted by Crippen LogP contribution is 2.24. The number of rotatable bonds is 5. The summed E-state index contributed by atoms with van der Waals surface area (Å²) in [6.45, 7) is 2.89. The standard InChI is InChI=1S/C21H23N3O4S/c1-16-8-7-11-23-14-17(22-20(16)23)15-28-21(25)18-9-3-4-10-19(18)29(26,27)24-12-5-2-6-13-24/h3-4,7-11,14H,2,5-6,12-13,15H2,1H3. The van der Waals surface area contributed by atoms with E-state index in [1.54, 1.807) is 18.3 Å². The summed E-state index contributed by atoms with van der Waals surface area (Å²) in [7, 11) is -3.73. The topological polar surface area (TPSA) is 81.0 Å². The van der Waals surface area contributed by atoms with Gasteiger partial charge in [0.25, 0.3) is 0 Å². The number of aryl methyl sites for hydroxylation is 1. The molecule has 0 amide bonds. The Hall–Kier alpha value is -2.71. The minimum absolute atomic E-state index is 0.00209. The number of benzene rings is 1. The van der Waals surface area contributed by atoms with Gasteiger partial charge in [0.15, 0.2) is 0 Å². The van der Waals surface area contributed by atoms with Crippen molar-refractivity contribution in [1.29, 1.82) is 0 Å². The smallest absolute Gasteiger partial charge is 0.339 e. The molecule has 0 aliphatic carbocycles. The number of ether oxygens (including phenoxy) is 1. The first-order chi connectivity index (χ1) is 14.0. The van der Waals surface area contributed by atoms with Gasteiger partial charge in [-0.05, 0) is 43.5 Å². The number of pyridine rings is 1. The van der Waals surface area contributed by atoms with Crippen LogP contribution in [0.3, 0.4) is 0 Å². The number of imidazole rings is 1. The summed E-state index contributed by atoms with van der Waals surface area (Å²) in [6, 6.07) is 10.1. The highest BCUT2D eigenvalue weighted by Gasteiger charge is 2.30. The Morgan fingerprint density at radius 2 is 1.86 bits per heavy atom. The molecule has 1 saturated heterocycles.